The highest BCUT2D eigenvalue weighted by atomic mass is 16.4. The second kappa shape index (κ2) is 7.11. The van der Waals surface area contributed by atoms with Crippen LogP contribution in [0.5, 0.6) is 0 Å². The predicted molar refractivity (Wildman–Crippen MR) is 130 cm³/mol. The molecule has 5 aliphatic carbocycles. The Morgan fingerprint density at radius 1 is 0.848 bits per heavy atom. The number of hydrogen-bond acceptors (Lipinski definition) is 3. The number of carbonyl (C=O) groups excluding carboxylic acids is 1. The molecule has 3 nitrogen and oxygen atoms in total. The molecule has 0 bridgehead atoms. The van der Waals surface area contributed by atoms with Crippen LogP contribution >= 0.6 is 0 Å². The highest BCUT2D eigenvalue weighted by molar-refractivity contribution is 5.74. The zero-order chi connectivity index (χ0) is 24.2. The average molecular weight is 456 g/mol. The molecule has 3 heteroatoms. The quantitative estimate of drug-likeness (QED) is 0.539. The Kier molecular flexibility index (Phi) is 5.15. The summed E-state index contributed by atoms with van der Waals surface area (Å²) in [7, 11) is 0. The molecule has 33 heavy (non-hydrogen) atoms. The van der Waals surface area contributed by atoms with Crippen molar-refractivity contribution in [3.8, 4) is 0 Å². The number of fused-ring (bicyclic) bond motifs is 7. The molecule has 10 atom stereocenters. The number of carbonyl (C=O) groups is 1. The Balaban J connectivity index is 1.57. The third-order valence-electron chi connectivity index (χ3n) is 13.5. The van der Waals surface area contributed by atoms with E-state index in [1.165, 1.54) is 24.8 Å². The van der Waals surface area contributed by atoms with Crippen LogP contribution in [0.4, 0.5) is 0 Å². The largest absolute Gasteiger partial charge is 0.550 e. The van der Waals surface area contributed by atoms with Gasteiger partial charge in [-0.1, -0.05) is 46.8 Å². The van der Waals surface area contributed by atoms with Gasteiger partial charge in [-0.15, -0.1) is 0 Å². The van der Waals surface area contributed by atoms with E-state index in [1.54, 1.807) is 0 Å². The van der Waals surface area contributed by atoms with E-state index in [0.717, 1.165) is 44.9 Å². The van der Waals surface area contributed by atoms with E-state index in [-0.39, 0.29) is 33.7 Å². The number of aliphatic carboxylic acids is 1. The molecule has 0 spiro atoms. The highest BCUT2D eigenvalue weighted by Gasteiger charge is 2.71. The van der Waals surface area contributed by atoms with Gasteiger partial charge in [-0.2, -0.15) is 0 Å². The summed E-state index contributed by atoms with van der Waals surface area (Å²) in [4.78, 5) is 12.6. The van der Waals surface area contributed by atoms with Crippen molar-refractivity contribution in [1.29, 1.82) is 0 Å². The molecular formula is C30H47O3-. The molecule has 5 fully saturated rings. The molecule has 1 N–H and O–H groups in total. The first-order chi connectivity index (χ1) is 15.3. The molecule has 0 radical (unpaired) electrons. The van der Waals surface area contributed by atoms with Crippen molar-refractivity contribution < 1.29 is 15.0 Å². The minimum absolute atomic E-state index is 0.0285. The summed E-state index contributed by atoms with van der Waals surface area (Å²) in [5.74, 6) is 1.38. The van der Waals surface area contributed by atoms with Crippen LogP contribution in [0.2, 0.25) is 0 Å². The second-order valence-electron chi connectivity index (χ2n) is 14.5. The monoisotopic (exact) mass is 455 g/mol. The smallest absolute Gasteiger partial charge is 0.0594 e. The van der Waals surface area contributed by atoms with Gasteiger partial charge in [0.25, 0.3) is 0 Å². The lowest BCUT2D eigenvalue weighted by Crippen LogP contribution is -2.67. The first-order valence-electron chi connectivity index (χ1n) is 13.8. The van der Waals surface area contributed by atoms with Crippen LogP contribution in [0.1, 0.15) is 106 Å². The van der Waals surface area contributed by atoms with Gasteiger partial charge in [0.1, 0.15) is 0 Å². The fourth-order valence-electron chi connectivity index (χ4n) is 11.5. The zero-order valence-electron chi connectivity index (χ0n) is 22.0. The zero-order valence-corrected chi connectivity index (χ0v) is 22.0. The maximum Gasteiger partial charge on any atom is 0.0594 e. The van der Waals surface area contributed by atoms with E-state index < -0.39 is 11.4 Å². The van der Waals surface area contributed by atoms with E-state index in [9.17, 15) is 15.0 Å². The summed E-state index contributed by atoms with van der Waals surface area (Å²) in [6.45, 7) is 18.7. The predicted octanol–water partition coefficient (Wildman–Crippen LogP) is 5.75. The van der Waals surface area contributed by atoms with Crippen molar-refractivity contribution in [2.24, 2.45) is 56.7 Å². The van der Waals surface area contributed by atoms with E-state index in [2.05, 4.69) is 48.1 Å². The van der Waals surface area contributed by atoms with Crippen LogP contribution < -0.4 is 5.11 Å². The molecule has 5 rings (SSSR count). The number of rotatable bonds is 2. The third kappa shape index (κ3) is 2.75. The lowest BCUT2D eigenvalue weighted by molar-refractivity contribution is -0.329. The number of aliphatic hydroxyl groups is 1. The maximum atomic E-state index is 12.6. The number of allylic oxidation sites excluding steroid dienone is 1. The Hall–Kier alpha value is -0.830. The molecule has 0 unspecified atom stereocenters. The van der Waals surface area contributed by atoms with Gasteiger partial charge in [0.2, 0.25) is 0 Å². The molecule has 0 aromatic rings. The van der Waals surface area contributed by atoms with Crippen LogP contribution in [-0.2, 0) is 4.79 Å². The number of carboxylic acid groups (broad SMARTS) is 1. The van der Waals surface area contributed by atoms with Gasteiger partial charge in [-0.3, -0.25) is 0 Å². The van der Waals surface area contributed by atoms with Gasteiger partial charge in [-0.25, -0.2) is 0 Å². The molecule has 0 aromatic carbocycles. The summed E-state index contributed by atoms with van der Waals surface area (Å²) < 4.78 is 0. The molecular weight excluding hydrogens is 408 g/mol. The van der Waals surface area contributed by atoms with Crippen molar-refractivity contribution in [2.45, 2.75) is 112 Å². The summed E-state index contributed by atoms with van der Waals surface area (Å²) >= 11 is 0. The molecule has 0 amide bonds. The van der Waals surface area contributed by atoms with E-state index in [4.69, 9.17) is 0 Å². The highest BCUT2D eigenvalue weighted by Crippen LogP contribution is 2.77. The van der Waals surface area contributed by atoms with Crippen LogP contribution in [-0.4, -0.2) is 17.2 Å². The summed E-state index contributed by atoms with van der Waals surface area (Å²) in [5, 5.41) is 23.5. The lowest BCUT2D eigenvalue weighted by atomic mass is 9.32. The molecule has 5 saturated carbocycles. The molecule has 186 valence electrons. The first-order valence-corrected chi connectivity index (χ1v) is 13.8. The van der Waals surface area contributed by atoms with Crippen LogP contribution in [0.25, 0.3) is 0 Å². The standard InChI is InChI=1S/C30H48O3/c1-18(2)19-10-15-30(25(32)33)17-16-28(6)20(24(19)30)8-9-22-27(5)13-12-23(31)26(3,4)21(27)11-14-29(22,28)7/h19-24,31H,1,8-17H2,2-7H3,(H,32,33)/p-1/t19-,20+,21-,22+,23+,24+,27-,28+,29+,30-/m0/s1. The summed E-state index contributed by atoms with van der Waals surface area (Å²) in [6, 6.07) is 0. The topological polar surface area (TPSA) is 60.4 Å². The van der Waals surface area contributed by atoms with Gasteiger partial charge >= 0.3 is 0 Å². The van der Waals surface area contributed by atoms with Crippen LogP contribution in [0.15, 0.2) is 12.2 Å². The van der Waals surface area contributed by atoms with Crippen molar-refractivity contribution in [3.05, 3.63) is 12.2 Å². The normalized spacial score (nSPS) is 55.0. The van der Waals surface area contributed by atoms with Crippen molar-refractivity contribution in [1.82, 2.24) is 0 Å². The molecule has 0 saturated heterocycles. The Bertz CT molecular complexity index is 861. The van der Waals surface area contributed by atoms with E-state index in [0.29, 0.717) is 23.7 Å². The minimum atomic E-state index is -0.788. The Labute approximate surface area is 201 Å². The van der Waals surface area contributed by atoms with Gasteiger partial charge in [0.15, 0.2) is 0 Å². The Morgan fingerprint density at radius 2 is 1.55 bits per heavy atom. The van der Waals surface area contributed by atoms with Crippen molar-refractivity contribution in [3.63, 3.8) is 0 Å². The molecule has 0 aromatic heterocycles. The molecule has 0 aliphatic heterocycles. The van der Waals surface area contributed by atoms with E-state index in [1.807, 2.05) is 0 Å². The van der Waals surface area contributed by atoms with Crippen molar-refractivity contribution in [2.75, 3.05) is 0 Å². The maximum absolute atomic E-state index is 12.6. The van der Waals surface area contributed by atoms with E-state index >= 15 is 0 Å². The SMILES string of the molecule is C=C(C)[C@@H]1CC[C@]2(C(=O)[O-])CC[C@]3(C)[C@H](CC[C@@H]4[C@@]5(C)CC[C@@H](O)C(C)(C)[C@@H]5CC[C@]43C)[C@@H]12. The molecule has 5 aliphatic rings. The average Bonchev–Trinajstić information content (AvgIpc) is 3.13. The lowest BCUT2D eigenvalue weighted by Gasteiger charge is -2.73. The van der Waals surface area contributed by atoms with Gasteiger partial charge in [0.05, 0.1) is 6.10 Å². The number of aliphatic hydroxyl groups excluding tert-OH is 1. The second-order valence-corrected chi connectivity index (χ2v) is 14.5. The van der Waals surface area contributed by atoms with Crippen molar-refractivity contribution >= 4 is 5.97 Å². The van der Waals surface area contributed by atoms with Crippen LogP contribution in [0, 0.1) is 56.7 Å². The molecule has 0 heterocycles. The number of carboxylic acids is 1. The first kappa shape index (κ1) is 23.9. The fourth-order valence-corrected chi connectivity index (χ4v) is 11.5. The minimum Gasteiger partial charge on any atom is -0.550 e. The third-order valence-corrected chi connectivity index (χ3v) is 13.5. The van der Waals surface area contributed by atoms with Gasteiger partial charge in [0, 0.05) is 11.4 Å². The van der Waals surface area contributed by atoms with Gasteiger partial charge in [-0.05, 0) is 122 Å². The Morgan fingerprint density at radius 3 is 2.18 bits per heavy atom. The van der Waals surface area contributed by atoms with Gasteiger partial charge < -0.3 is 15.0 Å². The summed E-state index contributed by atoms with van der Waals surface area (Å²) in [6.07, 6.45) is 10.1. The van der Waals surface area contributed by atoms with Crippen LogP contribution in [0.3, 0.4) is 0 Å². The summed E-state index contributed by atoms with van der Waals surface area (Å²) in [5.41, 5.74) is 1.15. The number of hydrogen-bond donors (Lipinski definition) is 1. The fraction of sp³-hybridized carbons (Fsp3) is 0.900.